The van der Waals surface area contributed by atoms with E-state index < -0.39 is 5.97 Å². The molecule has 1 aliphatic heterocycles. The van der Waals surface area contributed by atoms with E-state index in [1.807, 2.05) is 48.8 Å². The Bertz CT molecular complexity index is 1150. The second-order valence-corrected chi connectivity index (χ2v) is 9.16. The van der Waals surface area contributed by atoms with Crippen molar-refractivity contribution in [2.24, 2.45) is 4.99 Å². The van der Waals surface area contributed by atoms with Crippen LogP contribution >= 0.6 is 11.8 Å². The van der Waals surface area contributed by atoms with Gasteiger partial charge in [-0.3, -0.25) is 4.79 Å². The second-order valence-electron chi connectivity index (χ2n) is 6.98. The zero-order valence-corrected chi connectivity index (χ0v) is 20.3. The zero-order valence-electron chi connectivity index (χ0n) is 17.5. The number of amides is 1. The van der Waals surface area contributed by atoms with Crippen LogP contribution in [-0.4, -0.2) is 54.6 Å². The molecule has 0 aliphatic carbocycles. The Balaban J connectivity index is 0.000000628. The van der Waals surface area contributed by atoms with E-state index in [2.05, 4.69) is 46.1 Å². The smallest absolute Gasteiger partial charge is 0.324 e. The first-order chi connectivity index (χ1) is 14.8. The molecule has 6 nitrogen and oxygen atoms in total. The average Bonchev–Trinajstić information content (AvgIpc) is 3.34. The SMILES string of the molecule is CC(=O)O.Cc1cc(C=C2SC(Nc3cc[c]([Na])cc3)=NC2=O)ccc1-n1cccc1. The summed E-state index contributed by atoms with van der Waals surface area (Å²) in [6.45, 7) is 3.16. The van der Waals surface area contributed by atoms with E-state index in [1.54, 1.807) is 0 Å². The van der Waals surface area contributed by atoms with E-state index in [-0.39, 0.29) is 5.91 Å². The molecule has 8 heteroatoms. The van der Waals surface area contributed by atoms with Gasteiger partial charge in [0.15, 0.2) is 0 Å². The van der Waals surface area contributed by atoms with Gasteiger partial charge < -0.3 is 9.67 Å². The van der Waals surface area contributed by atoms with Crippen LogP contribution in [0.15, 0.2) is 76.9 Å². The Labute approximate surface area is 202 Å². The summed E-state index contributed by atoms with van der Waals surface area (Å²) in [7, 11) is 0. The summed E-state index contributed by atoms with van der Waals surface area (Å²) in [4.78, 5) is 26.0. The number of nitrogens with one attached hydrogen (secondary N) is 1. The topological polar surface area (TPSA) is 83.7 Å². The Morgan fingerprint density at radius 3 is 2.42 bits per heavy atom. The number of aliphatic imine (C=N–C) groups is 1. The van der Waals surface area contributed by atoms with E-state index in [1.165, 1.54) is 14.6 Å². The molecule has 0 fully saturated rings. The van der Waals surface area contributed by atoms with Crippen molar-refractivity contribution in [1.29, 1.82) is 0 Å². The molecule has 1 amide bonds. The predicted octanol–water partition coefficient (Wildman–Crippen LogP) is 3.75. The van der Waals surface area contributed by atoms with E-state index >= 15 is 0 Å². The Morgan fingerprint density at radius 2 is 1.81 bits per heavy atom. The summed E-state index contributed by atoms with van der Waals surface area (Å²) in [6.07, 6.45) is 5.95. The number of amidine groups is 1. The zero-order chi connectivity index (χ0) is 22.4. The molecule has 0 saturated carbocycles. The van der Waals surface area contributed by atoms with Crippen molar-refractivity contribution in [1.82, 2.24) is 4.57 Å². The minimum atomic E-state index is -0.833. The van der Waals surface area contributed by atoms with Gasteiger partial charge in [-0.05, 0) is 19.1 Å². The molecule has 0 radical (unpaired) electrons. The Kier molecular flexibility index (Phi) is 7.92. The number of nitrogens with zero attached hydrogens (tertiary/aromatic N) is 2. The number of thioether (sulfide) groups is 1. The van der Waals surface area contributed by atoms with E-state index in [9.17, 15) is 4.79 Å². The first kappa shape index (κ1) is 23.1. The fourth-order valence-electron chi connectivity index (χ4n) is 2.93. The number of carbonyl (C=O) groups is 2. The van der Waals surface area contributed by atoms with Crippen LogP contribution in [0.3, 0.4) is 0 Å². The third-order valence-corrected chi connectivity index (χ3v) is 5.89. The minimum absolute atomic E-state index is 0.200. The van der Waals surface area contributed by atoms with Gasteiger partial charge in [-0.1, -0.05) is 0 Å². The van der Waals surface area contributed by atoms with Crippen LogP contribution in [0.2, 0.25) is 0 Å². The molecular weight excluding hydrogens is 421 g/mol. The molecule has 0 unspecified atom stereocenters. The summed E-state index contributed by atoms with van der Waals surface area (Å²) < 4.78 is 3.41. The minimum Gasteiger partial charge on any atom is -0.324 e. The van der Waals surface area contributed by atoms with Crippen molar-refractivity contribution >= 4 is 71.3 Å². The molecule has 0 spiro atoms. The third kappa shape index (κ3) is 6.70. The number of aliphatic carboxylic acids is 1. The van der Waals surface area contributed by atoms with Crippen molar-refractivity contribution in [2.45, 2.75) is 13.8 Å². The molecule has 3 aromatic rings. The van der Waals surface area contributed by atoms with Crippen molar-refractivity contribution < 1.29 is 14.7 Å². The average molecular weight is 441 g/mol. The van der Waals surface area contributed by atoms with Crippen LogP contribution in [0.25, 0.3) is 11.8 Å². The summed E-state index contributed by atoms with van der Waals surface area (Å²) in [5.74, 6) is -1.03. The fourth-order valence-corrected chi connectivity index (χ4v) is 4.09. The van der Waals surface area contributed by atoms with Gasteiger partial charge in [0.25, 0.3) is 5.97 Å². The van der Waals surface area contributed by atoms with Crippen LogP contribution in [0.1, 0.15) is 18.1 Å². The van der Waals surface area contributed by atoms with Crippen LogP contribution in [0, 0.1) is 6.92 Å². The third-order valence-electron chi connectivity index (χ3n) is 4.32. The van der Waals surface area contributed by atoms with Crippen LogP contribution in [0.4, 0.5) is 5.69 Å². The molecule has 2 heterocycles. The molecule has 1 aliphatic rings. The summed E-state index contributed by atoms with van der Waals surface area (Å²) in [5, 5.41) is 11.3. The number of hydrogen-bond donors (Lipinski definition) is 2. The van der Waals surface area contributed by atoms with Gasteiger partial charge in [-0.2, -0.15) is 0 Å². The van der Waals surface area contributed by atoms with Gasteiger partial charge in [0, 0.05) is 25.0 Å². The summed E-state index contributed by atoms with van der Waals surface area (Å²) in [5.41, 5.74) is 4.23. The number of anilines is 1. The summed E-state index contributed by atoms with van der Waals surface area (Å²) >= 11 is 2.40. The van der Waals surface area contributed by atoms with Gasteiger partial charge in [-0.25, -0.2) is 0 Å². The molecule has 0 bridgehead atoms. The maximum absolute atomic E-state index is 12.3. The Morgan fingerprint density at radius 1 is 1.16 bits per heavy atom. The number of carbonyl (C=O) groups excluding carboxylic acids is 1. The molecule has 2 N–H and O–H groups in total. The number of aromatic nitrogens is 1. The second kappa shape index (κ2) is 10.6. The number of aryl methyl sites for hydroxylation is 1. The first-order valence-corrected chi connectivity index (χ1v) is 11.4. The monoisotopic (exact) mass is 441 g/mol. The van der Waals surface area contributed by atoms with Crippen LogP contribution in [0.5, 0.6) is 0 Å². The number of benzene rings is 2. The van der Waals surface area contributed by atoms with Crippen molar-refractivity contribution in [2.75, 3.05) is 5.32 Å². The van der Waals surface area contributed by atoms with Gasteiger partial charge in [0.2, 0.25) is 0 Å². The fraction of sp³-hybridized carbons (Fsp3) is 0.0870. The van der Waals surface area contributed by atoms with Crippen molar-refractivity contribution in [3.05, 3.63) is 83.0 Å². The van der Waals surface area contributed by atoms with Gasteiger partial charge in [-0.15, -0.1) is 0 Å². The van der Waals surface area contributed by atoms with E-state index in [4.69, 9.17) is 9.90 Å². The number of hydrogen-bond acceptors (Lipinski definition) is 4. The standard InChI is InChI=1S/C21H16N3OS.C2H4O2.Na/c1-15-13-16(9-10-18(15)24-11-5-6-12-24)14-19-20(25)23-21(26-19)22-17-7-3-2-4-8-17;1-2(3)4;/h3-14H,1H3,(H,22,23,25);1H3,(H,3,4);. The van der Waals surface area contributed by atoms with Crippen molar-refractivity contribution in [3.63, 3.8) is 0 Å². The van der Waals surface area contributed by atoms with E-state index in [0.29, 0.717) is 10.1 Å². The van der Waals surface area contributed by atoms with Crippen molar-refractivity contribution in [3.8, 4) is 5.69 Å². The molecule has 0 atom stereocenters. The van der Waals surface area contributed by atoms with Crippen LogP contribution in [-0.2, 0) is 9.59 Å². The molecule has 0 saturated heterocycles. The number of carboxylic acid groups (broad SMARTS) is 1. The van der Waals surface area contributed by atoms with Gasteiger partial charge in [0.05, 0.1) is 0 Å². The molecule has 152 valence electrons. The van der Waals surface area contributed by atoms with E-state index in [0.717, 1.165) is 57.4 Å². The van der Waals surface area contributed by atoms with Crippen LogP contribution < -0.4 is 8.13 Å². The summed E-state index contributed by atoms with van der Waals surface area (Å²) in [6, 6.07) is 18.4. The normalized spacial score (nSPS) is 14.1. The molecule has 1 aromatic heterocycles. The quantitative estimate of drug-likeness (QED) is 0.478. The van der Waals surface area contributed by atoms with Gasteiger partial charge in [0.1, 0.15) is 0 Å². The van der Waals surface area contributed by atoms with Gasteiger partial charge >= 0.3 is 139 Å². The Hall–Kier alpha value is -2.58. The first-order valence-electron chi connectivity index (χ1n) is 9.61. The number of carboxylic acids is 1. The molecular formula is C23H20N3NaO3S. The molecule has 31 heavy (non-hydrogen) atoms. The molecule has 4 rings (SSSR count). The molecule has 2 aromatic carbocycles. The number of rotatable bonds is 3. The predicted molar refractivity (Wildman–Crippen MR) is 127 cm³/mol. The maximum atomic E-state index is 12.3.